The second kappa shape index (κ2) is 9.05. The van der Waals surface area contributed by atoms with Crippen molar-refractivity contribution in [3.63, 3.8) is 0 Å². The molecule has 3 rings (SSSR count). The van der Waals surface area contributed by atoms with Gasteiger partial charge in [0.2, 0.25) is 0 Å². The molecule has 0 aromatic heterocycles. The molecule has 0 bridgehead atoms. The van der Waals surface area contributed by atoms with E-state index in [1.54, 1.807) is 0 Å². The van der Waals surface area contributed by atoms with Crippen LogP contribution < -0.4 is 10.2 Å². The Bertz CT molecular complexity index is 765. The fourth-order valence-electron chi connectivity index (χ4n) is 3.56. The third kappa shape index (κ3) is 5.10. The van der Waals surface area contributed by atoms with Crippen LogP contribution in [0.4, 0.5) is 0 Å². The Hall–Kier alpha value is -2.33. The fraction of sp³-hybridized carbons (Fsp3) is 0.435. The van der Waals surface area contributed by atoms with Gasteiger partial charge < -0.3 is 4.74 Å². The first-order valence-corrected chi connectivity index (χ1v) is 9.92. The summed E-state index contributed by atoms with van der Waals surface area (Å²) in [4.78, 5) is 13.0. The molecule has 2 aromatic carbocycles. The van der Waals surface area contributed by atoms with Crippen LogP contribution in [0.2, 0.25) is 0 Å². The maximum atomic E-state index is 13.0. The third-order valence-electron chi connectivity index (χ3n) is 5.09. The Labute approximate surface area is 162 Å². The van der Waals surface area contributed by atoms with Crippen LogP contribution in [0.3, 0.4) is 0 Å². The van der Waals surface area contributed by atoms with Crippen molar-refractivity contribution < 1.29 is 9.53 Å². The second-order valence-electron chi connectivity index (χ2n) is 7.62. The predicted molar refractivity (Wildman–Crippen MR) is 109 cm³/mol. The summed E-state index contributed by atoms with van der Waals surface area (Å²) in [6.07, 6.45) is 3.49. The van der Waals surface area contributed by atoms with E-state index in [0.717, 1.165) is 37.1 Å². The summed E-state index contributed by atoms with van der Waals surface area (Å²) >= 11 is 0. The van der Waals surface area contributed by atoms with Crippen molar-refractivity contribution in [3.05, 3.63) is 64.7 Å². The molecular formula is C23H30N2O2. The minimum absolute atomic E-state index is 0.0816. The Morgan fingerprint density at radius 2 is 1.81 bits per heavy atom. The van der Waals surface area contributed by atoms with Crippen molar-refractivity contribution in [2.24, 2.45) is 0 Å². The van der Waals surface area contributed by atoms with Gasteiger partial charge in [0.15, 0.2) is 0 Å². The van der Waals surface area contributed by atoms with Crippen LogP contribution in [0.5, 0.6) is 5.75 Å². The van der Waals surface area contributed by atoms with Crippen LogP contribution in [0.15, 0.2) is 42.5 Å². The highest BCUT2D eigenvalue weighted by Gasteiger charge is 2.20. The van der Waals surface area contributed by atoms with Gasteiger partial charge in [0.25, 0.3) is 5.91 Å². The number of aryl methyl sites for hydroxylation is 1. The number of piperidine rings is 1. The van der Waals surface area contributed by atoms with Crippen LogP contribution in [0, 0.1) is 6.92 Å². The summed E-state index contributed by atoms with van der Waals surface area (Å²) < 4.78 is 6.07. The summed E-state index contributed by atoms with van der Waals surface area (Å²) in [6, 6.07) is 14.0. The van der Waals surface area contributed by atoms with Gasteiger partial charge in [0.05, 0.1) is 5.56 Å². The maximum absolute atomic E-state index is 13.0. The van der Waals surface area contributed by atoms with E-state index in [2.05, 4.69) is 26.2 Å². The van der Waals surface area contributed by atoms with Gasteiger partial charge in [0, 0.05) is 13.1 Å². The molecule has 1 fully saturated rings. The molecule has 1 saturated heterocycles. The van der Waals surface area contributed by atoms with Crippen molar-refractivity contribution in [2.45, 2.75) is 52.6 Å². The van der Waals surface area contributed by atoms with E-state index >= 15 is 0 Å². The molecule has 4 heteroatoms. The minimum atomic E-state index is -0.0816. The minimum Gasteiger partial charge on any atom is -0.488 e. The van der Waals surface area contributed by atoms with E-state index in [-0.39, 0.29) is 5.91 Å². The van der Waals surface area contributed by atoms with Gasteiger partial charge in [-0.1, -0.05) is 50.6 Å². The molecular weight excluding hydrogens is 336 g/mol. The molecule has 0 aliphatic carbocycles. The number of carbonyl (C=O) groups excluding carboxylic acids is 1. The molecule has 1 aliphatic rings. The third-order valence-corrected chi connectivity index (χ3v) is 5.09. The highest BCUT2D eigenvalue weighted by molar-refractivity contribution is 5.97. The zero-order chi connectivity index (χ0) is 19.2. The van der Waals surface area contributed by atoms with E-state index in [1.165, 1.54) is 12.0 Å². The highest BCUT2D eigenvalue weighted by atomic mass is 16.5. The normalized spacial score (nSPS) is 15.0. The Morgan fingerprint density at radius 1 is 1.11 bits per heavy atom. The molecule has 144 valence electrons. The molecule has 0 unspecified atom stereocenters. The average molecular weight is 367 g/mol. The fourth-order valence-corrected chi connectivity index (χ4v) is 3.56. The van der Waals surface area contributed by atoms with E-state index in [0.29, 0.717) is 23.8 Å². The van der Waals surface area contributed by atoms with Crippen molar-refractivity contribution in [1.29, 1.82) is 0 Å². The summed E-state index contributed by atoms with van der Waals surface area (Å²) in [7, 11) is 0. The van der Waals surface area contributed by atoms with Crippen LogP contribution in [0.25, 0.3) is 0 Å². The Kier molecular flexibility index (Phi) is 6.51. The molecule has 0 saturated carbocycles. The van der Waals surface area contributed by atoms with Crippen LogP contribution in [-0.4, -0.2) is 24.0 Å². The Morgan fingerprint density at radius 3 is 2.48 bits per heavy atom. The zero-order valence-electron chi connectivity index (χ0n) is 16.6. The molecule has 1 aliphatic heterocycles. The summed E-state index contributed by atoms with van der Waals surface area (Å²) in [5, 5.41) is 2.03. The smallest absolute Gasteiger partial charge is 0.269 e. The first-order valence-electron chi connectivity index (χ1n) is 9.92. The molecule has 0 radical (unpaired) electrons. The van der Waals surface area contributed by atoms with Gasteiger partial charge in [-0.2, -0.15) is 0 Å². The van der Waals surface area contributed by atoms with Crippen LogP contribution in [0.1, 0.15) is 66.1 Å². The standard InChI is InChI=1S/C23H30N2O2/c1-17(2)20-15-21(23(26)24-25-12-8-5-9-13-25)22(14-18(20)3)27-16-19-10-6-4-7-11-19/h4,6-7,10-11,14-15,17H,5,8-9,12-13,16H2,1-3H3,(H,24,26). The highest BCUT2D eigenvalue weighted by Crippen LogP contribution is 2.29. The van der Waals surface area contributed by atoms with E-state index in [1.807, 2.05) is 47.5 Å². The number of benzene rings is 2. The molecule has 1 amide bonds. The maximum Gasteiger partial charge on any atom is 0.269 e. The Balaban J connectivity index is 1.83. The second-order valence-corrected chi connectivity index (χ2v) is 7.62. The lowest BCUT2D eigenvalue weighted by molar-refractivity contribution is 0.0745. The lowest BCUT2D eigenvalue weighted by Gasteiger charge is -2.27. The van der Waals surface area contributed by atoms with E-state index < -0.39 is 0 Å². The SMILES string of the molecule is Cc1cc(OCc2ccccc2)c(C(=O)NN2CCCCC2)cc1C(C)C. The number of nitrogens with zero attached hydrogens (tertiary/aromatic N) is 1. The monoisotopic (exact) mass is 366 g/mol. The molecule has 1 heterocycles. The summed E-state index contributed by atoms with van der Waals surface area (Å²) in [5.41, 5.74) is 7.12. The topological polar surface area (TPSA) is 41.6 Å². The van der Waals surface area contributed by atoms with Crippen LogP contribution >= 0.6 is 0 Å². The predicted octanol–water partition coefficient (Wildman–Crippen LogP) is 4.83. The molecule has 27 heavy (non-hydrogen) atoms. The van der Waals surface area contributed by atoms with Gasteiger partial charge in [-0.3, -0.25) is 10.2 Å². The van der Waals surface area contributed by atoms with Crippen LogP contribution in [-0.2, 0) is 6.61 Å². The average Bonchev–Trinajstić information content (AvgIpc) is 2.67. The van der Waals surface area contributed by atoms with Gasteiger partial charge in [-0.25, -0.2) is 5.01 Å². The van der Waals surface area contributed by atoms with Crippen molar-refractivity contribution >= 4 is 5.91 Å². The van der Waals surface area contributed by atoms with Gasteiger partial charge >= 0.3 is 0 Å². The van der Waals surface area contributed by atoms with Crippen molar-refractivity contribution in [2.75, 3.05) is 13.1 Å². The lowest BCUT2D eigenvalue weighted by atomic mass is 9.95. The largest absolute Gasteiger partial charge is 0.488 e. The summed E-state index contributed by atoms with van der Waals surface area (Å²) in [5.74, 6) is 0.923. The first kappa shape index (κ1) is 19.4. The molecule has 1 N–H and O–H groups in total. The summed E-state index contributed by atoms with van der Waals surface area (Å²) in [6.45, 7) is 8.66. The van der Waals surface area contributed by atoms with Crippen molar-refractivity contribution in [1.82, 2.24) is 10.4 Å². The number of rotatable bonds is 6. The lowest BCUT2D eigenvalue weighted by Crippen LogP contribution is -2.45. The number of hydrogen-bond donors (Lipinski definition) is 1. The number of hydrogen-bond acceptors (Lipinski definition) is 3. The van der Waals surface area contributed by atoms with Gasteiger partial charge in [-0.05, 0) is 54.5 Å². The molecule has 2 aromatic rings. The number of nitrogens with one attached hydrogen (secondary N) is 1. The van der Waals surface area contributed by atoms with Gasteiger partial charge in [-0.15, -0.1) is 0 Å². The number of hydrazine groups is 1. The van der Waals surface area contributed by atoms with E-state index in [4.69, 9.17) is 4.74 Å². The first-order chi connectivity index (χ1) is 13.0. The molecule has 4 nitrogen and oxygen atoms in total. The molecule has 0 spiro atoms. The van der Waals surface area contributed by atoms with Gasteiger partial charge in [0.1, 0.15) is 12.4 Å². The quantitative estimate of drug-likeness (QED) is 0.796. The number of amides is 1. The van der Waals surface area contributed by atoms with E-state index in [9.17, 15) is 4.79 Å². The zero-order valence-corrected chi connectivity index (χ0v) is 16.6. The number of ether oxygens (including phenoxy) is 1. The van der Waals surface area contributed by atoms with Crippen molar-refractivity contribution in [3.8, 4) is 5.75 Å². The number of carbonyl (C=O) groups is 1. The molecule has 0 atom stereocenters.